The summed E-state index contributed by atoms with van der Waals surface area (Å²) >= 11 is 2.16. The molecule has 6 heteroatoms. The number of hydrogen-bond donors (Lipinski definition) is 1. The summed E-state index contributed by atoms with van der Waals surface area (Å²) in [5.41, 5.74) is 3.15. The van der Waals surface area contributed by atoms with Gasteiger partial charge in [-0.1, -0.05) is 52.8 Å². The number of aliphatic hydroxyl groups excluding tert-OH is 1. The molecule has 0 bridgehead atoms. The minimum Gasteiger partial charge on any atom is -0.443 e. The van der Waals surface area contributed by atoms with Gasteiger partial charge < -0.3 is 9.84 Å². The van der Waals surface area contributed by atoms with Gasteiger partial charge in [-0.2, -0.15) is 0 Å². The molecular formula is C23H38INO3S. The van der Waals surface area contributed by atoms with Gasteiger partial charge in [-0.25, -0.2) is 9.10 Å². The maximum absolute atomic E-state index is 12.8. The highest BCUT2D eigenvalue weighted by Crippen LogP contribution is 2.32. The van der Waals surface area contributed by atoms with E-state index in [0.29, 0.717) is 12.3 Å². The average molecular weight is 536 g/mol. The molecule has 0 aliphatic heterocycles. The first-order chi connectivity index (χ1) is 13.3. The van der Waals surface area contributed by atoms with Crippen LogP contribution in [-0.2, 0) is 23.0 Å². The van der Waals surface area contributed by atoms with Crippen molar-refractivity contribution in [3.05, 3.63) is 34.9 Å². The van der Waals surface area contributed by atoms with Crippen LogP contribution < -0.4 is 0 Å². The summed E-state index contributed by atoms with van der Waals surface area (Å²) in [6.07, 6.45) is 1.96. The van der Waals surface area contributed by atoms with E-state index >= 15 is 0 Å². The fraction of sp³-hybridized carbons (Fsp3) is 0.696. The predicted octanol–water partition coefficient (Wildman–Crippen LogP) is 6.71. The van der Waals surface area contributed by atoms with Gasteiger partial charge >= 0.3 is 6.09 Å². The van der Waals surface area contributed by atoms with Crippen molar-refractivity contribution in [2.24, 2.45) is 5.92 Å². The summed E-state index contributed by atoms with van der Waals surface area (Å²) in [7, 11) is 1.39. The van der Waals surface area contributed by atoms with Gasteiger partial charge in [0.1, 0.15) is 5.60 Å². The van der Waals surface area contributed by atoms with Crippen LogP contribution in [0.15, 0.2) is 18.2 Å². The minimum absolute atomic E-state index is 0.0182. The largest absolute Gasteiger partial charge is 0.443 e. The number of hydrogen-bond acceptors (Lipinski definition) is 4. The summed E-state index contributed by atoms with van der Waals surface area (Å²) in [5, 5.41) is 9.60. The maximum atomic E-state index is 12.8. The van der Waals surface area contributed by atoms with Crippen LogP contribution in [0, 0.1) is 5.92 Å². The van der Waals surface area contributed by atoms with Gasteiger partial charge in [-0.15, -0.1) is 0 Å². The van der Waals surface area contributed by atoms with Gasteiger partial charge in [0.15, 0.2) is 0 Å². The van der Waals surface area contributed by atoms with E-state index in [9.17, 15) is 9.90 Å². The second-order valence-electron chi connectivity index (χ2n) is 10.1. The normalized spacial score (nSPS) is 13.5. The third-order valence-electron chi connectivity index (χ3n) is 4.63. The number of carbonyl (C=O) groups is 1. The quantitative estimate of drug-likeness (QED) is 0.297. The monoisotopic (exact) mass is 535 g/mol. The van der Waals surface area contributed by atoms with Gasteiger partial charge in [0.25, 0.3) is 0 Å². The Bertz CT molecular complexity index is 665. The molecule has 0 saturated heterocycles. The smallest absolute Gasteiger partial charge is 0.421 e. The Morgan fingerprint density at radius 2 is 1.79 bits per heavy atom. The highest BCUT2D eigenvalue weighted by Gasteiger charge is 2.30. The van der Waals surface area contributed by atoms with E-state index in [-0.39, 0.29) is 24.2 Å². The van der Waals surface area contributed by atoms with Crippen LogP contribution in [-0.4, -0.2) is 33.8 Å². The summed E-state index contributed by atoms with van der Waals surface area (Å²) < 4.78 is 7.42. The maximum Gasteiger partial charge on any atom is 0.421 e. The highest BCUT2D eigenvalue weighted by atomic mass is 127. The standard InChI is InChI=1S/C23H38INO3S/c1-16(2)13-20(25(29-24)21(27)28-23(6,7)8)15-17-9-10-19(22(3,4)5)14-18(17)11-12-26/h9-10,14,16,20,26H,11-13,15H2,1-8H3. The van der Waals surface area contributed by atoms with Crippen molar-refractivity contribution in [3.63, 3.8) is 0 Å². The van der Waals surface area contributed by atoms with Crippen molar-refractivity contribution in [2.45, 2.75) is 91.7 Å². The van der Waals surface area contributed by atoms with Crippen LogP contribution in [0.1, 0.15) is 78.5 Å². The Morgan fingerprint density at radius 3 is 2.24 bits per heavy atom. The number of halogens is 1. The van der Waals surface area contributed by atoms with E-state index in [1.165, 1.54) is 20.2 Å². The van der Waals surface area contributed by atoms with Crippen LogP contribution in [0.3, 0.4) is 0 Å². The van der Waals surface area contributed by atoms with E-state index in [1.54, 1.807) is 4.31 Å². The van der Waals surface area contributed by atoms with E-state index in [2.05, 4.69) is 74.0 Å². The lowest BCUT2D eigenvalue weighted by Gasteiger charge is -2.32. The van der Waals surface area contributed by atoms with Crippen molar-refractivity contribution < 1.29 is 14.6 Å². The first-order valence-corrected chi connectivity index (χ1v) is 13.6. The zero-order valence-corrected chi connectivity index (χ0v) is 22.2. The molecule has 0 fully saturated rings. The molecule has 1 N–H and O–H groups in total. The number of carbonyl (C=O) groups excluding carboxylic acids is 1. The molecule has 0 radical (unpaired) electrons. The lowest BCUT2D eigenvalue weighted by atomic mass is 9.83. The molecule has 0 aliphatic carbocycles. The van der Waals surface area contributed by atoms with Crippen molar-refractivity contribution in [3.8, 4) is 0 Å². The van der Waals surface area contributed by atoms with E-state index in [0.717, 1.165) is 18.4 Å². The molecule has 1 aromatic rings. The molecule has 1 rings (SSSR count). The topological polar surface area (TPSA) is 49.8 Å². The molecule has 166 valence electrons. The molecule has 1 aromatic carbocycles. The van der Waals surface area contributed by atoms with Gasteiger partial charge in [0.2, 0.25) is 0 Å². The molecule has 1 amide bonds. The van der Waals surface area contributed by atoms with E-state index in [4.69, 9.17) is 4.74 Å². The number of rotatable bonds is 8. The van der Waals surface area contributed by atoms with Gasteiger partial charge in [-0.05, 0) is 68.1 Å². The Kier molecular flexibility index (Phi) is 10.3. The molecular weight excluding hydrogens is 497 g/mol. The first kappa shape index (κ1) is 26.6. The lowest BCUT2D eigenvalue weighted by Crippen LogP contribution is -2.40. The van der Waals surface area contributed by atoms with E-state index < -0.39 is 5.60 Å². The minimum atomic E-state index is -0.527. The zero-order chi connectivity index (χ0) is 22.4. The van der Waals surface area contributed by atoms with Crippen LogP contribution in [0.4, 0.5) is 4.79 Å². The van der Waals surface area contributed by atoms with Crippen molar-refractivity contribution in [2.75, 3.05) is 6.61 Å². The van der Waals surface area contributed by atoms with Crippen LogP contribution >= 0.6 is 30.3 Å². The van der Waals surface area contributed by atoms with Crippen molar-refractivity contribution >= 4 is 36.4 Å². The summed E-state index contributed by atoms with van der Waals surface area (Å²) in [6.45, 7) is 16.7. The summed E-state index contributed by atoms with van der Waals surface area (Å²) in [4.78, 5) is 12.8. The fourth-order valence-electron chi connectivity index (χ4n) is 3.25. The average Bonchev–Trinajstić information content (AvgIpc) is 2.54. The molecule has 0 spiro atoms. The Labute approximate surface area is 193 Å². The van der Waals surface area contributed by atoms with Gasteiger partial charge in [0, 0.05) is 36.9 Å². The summed E-state index contributed by atoms with van der Waals surface area (Å²) in [6, 6.07) is 6.58. The third-order valence-corrected chi connectivity index (χ3v) is 6.50. The number of nitrogens with zero attached hydrogens (tertiary/aromatic N) is 1. The number of aliphatic hydroxyl groups is 1. The van der Waals surface area contributed by atoms with Crippen molar-refractivity contribution in [1.82, 2.24) is 4.31 Å². The second kappa shape index (κ2) is 11.2. The third kappa shape index (κ3) is 9.05. The van der Waals surface area contributed by atoms with Crippen LogP contribution in [0.5, 0.6) is 0 Å². The molecule has 29 heavy (non-hydrogen) atoms. The molecule has 0 heterocycles. The van der Waals surface area contributed by atoms with Crippen molar-refractivity contribution in [1.29, 1.82) is 0 Å². The molecule has 4 nitrogen and oxygen atoms in total. The Hall–Kier alpha value is -0.470. The Morgan fingerprint density at radius 1 is 1.17 bits per heavy atom. The number of benzene rings is 1. The molecule has 0 aromatic heterocycles. The van der Waals surface area contributed by atoms with E-state index in [1.807, 2.05) is 20.8 Å². The number of ether oxygens (including phenoxy) is 1. The van der Waals surface area contributed by atoms with Crippen LogP contribution in [0.25, 0.3) is 0 Å². The Balaban J connectivity index is 3.24. The fourth-order valence-corrected chi connectivity index (χ4v) is 5.06. The first-order valence-electron chi connectivity index (χ1n) is 10.3. The SMILES string of the molecule is CC(C)CC(Cc1ccc(C(C)(C)C)cc1CCO)N(SI)C(=O)OC(C)(C)C. The zero-order valence-electron chi connectivity index (χ0n) is 19.2. The molecule has 0 saturated carbocycles. The lowest BCUT2D eigenvalue weighted by molar-refractivity contribution is 0.0347. The number of amides is 1. The molecule has 1 atom stereocenters. The van der Waals surface area contributed by atoms with Gasteiger partial charge in [0.05, 0.1) is 6.04 Å². The molecule has 1 unspecified atom stereocenters. The second-order valence-corrected chi connectivity index (χ2v) is 11.8. The highest BCUT2D eigenvalue weighted by molar-refractivity contribution is 14.2. The molecule has 0 aliphatic rings. The van der Waals surface area contributed by atoms with Crippen LogP contribution in [0.2, 0.25) is 0 Å². The predicted molar refractivity (Wildman–Crippen MR) is 133 cm³/mol. The summed E-state index contributed by atoms with van der Waals surface area (Å²) in [5.74, 6) is 0.448. The van der Waals surface area contributed by atoms with Gasteiger partial charge in [-0.3, -0.25) is 0 Å².